The number of ether oxygens (including phenoxy) is 1. The van der Waals surface area contributed by atoms with Crippen molar-refractivity contribution in [2.24, 2.45) is 0 Å². The molecule has 1 fully saturated rings. The summed E-state index contributed by atoms with van der Waals surface area (Å²) in [6.07, 6.45) is 0. The van der Waals surface area contributed by atoms with Gasteiger partial charge in [-0.15, -0.1) is 10.2 Å². The molecular weight excluding hydrogens is 368 g/mol. The first-order valence-corrected chi connectivity index (χ1v) is 9.54. The molecule has 2 aromatic carbocycles. The molecule has 0 saturated carbocycles. The van der Waals surface area contributed by atoms with Crippen LogP contribution in [0.1, 0.15) is 0 Å². The van der Waals surface area contributed by atoms with Crippen molar-refractivity contribution in [1.82, 2.24) is 20.1 Å². The molecule has 2 heterocycles. The van der Waals surface area contributed by atoms with Gasteiger partial charge in [0, 0.05) is 43.1 Å². The molecule has 0 aliphatic carbocycles. The highest BCUT2D eigenvalue weighted by atomic mass is 16.5. The Kier molecular flexibility index (Phi) is 5.44. The summed E-state index contributed by atoms with van der Waals surface area (Å²) >= 11 is 0. The quantitative estimate of drug-likeness (QED) is 0.689. The summed E-state index contributed by atoms with van der Waals surface area (Å²) in [5.74, 6) is 1.02. The average Bonchev–Trinajstić information content (AvgIpc) is 2.75. The summed E-state index contributed by atoms with van der Waals surface area (Å²) in [4.78, 5) is 19.9. The van der Waals surface area contributed by atoms with Gasteiger partial charge in [0.1, 0.15) is 5.75 Å². The molecule has 0 unspecified atom stereocenters. The van der Waals surface area contributed by atoms with Crippen LogP contribution in [-0.2, 0) is 0 Å². The van der Waals surface area contributed by atoms with E-state index in [-0.39, 0.29) is 11.3 Å². The smallest absolute Gasteiger partial charge is 0.279 e. The minimum Gasteiger partial charge on any atom is -0.497 e. The van der Waals surface area contributed by atoms with Gasteiger partial charge in [-0.05, 0) is 55.6 Å². The first-order valence-electron chi connectivity index (χ1n) is 9.54. The van der Waals surface area contributed by atoms with E-state index < -0.39 is 0 Å². The van der Waals surface area contributed by atoms with E-state index in [2.05, 4.69) is 49.5 Å². The lowest BCUT2D eigenvalue weighted by Crippen LogP contribution is -2.44. The number of likely N-dealkylation sites (N-methyl/N-ethyl adjacent to an activating group) is 1. The predicted molar refractivity (Wildman–Crippen MR) is 114 cm³/mol. The van der Waals surface area contributed by atoms with Crippen LogP contribution in [0, 0.1) is 0 Å². The second-order valence-electron chi connectivity index (χ2n) is 7.04. The van der Waals surface area contributed by atoms with Crippen molar-refractivity contribution < 1.29 is 4.74 Å². The number of H-pyrrole nitrogens is 1. The highest BCUT2D eigenvalue weighted by Gasteiger charge is 2.14. The molecule has 0 bridgehead atoms. The number of aromatic nitrogens is 3. The number of benzene rings is 2. The number of rotatable bonds is 5. The van der Waals surface area contributed by atoms with Crippen LogP contribution in [0.2, 0.25) is 0 Å². The predicted octanol–water partition coefficient (Wildman–Crippen LogP) is 2.34. The second-order valence-corrected chi connectivity index (χ2v) is 7.04. The van der Waals surface area contributed by atoms with E-state index >= 15 is 0 Å². The number of methoxy groups -OCH3 is 1. The molecule has 2 N–H and O–H groups in total. The van der Waals surface area contributed by atoms with Gasteiger partial charge in [-0.25, -0.2) is 0 Å². The molecule has 1 saturated heterocycles. The first-order chi connectivity index (χ1) is 14.1. The van der Waals surface area contributed by atoms with E-state index in [1.54, 1.807) is 31.4 Å². The van der Waals surface area contributed by atoms with Gasteiger partial charge in [-0.1, -0.05) is 0 Å². The van der Waals surface area contributed by atoms with Crippen molar-refractivity contribution >= 4 is 17.3 Å². The summed E-state index contributed by atoms with van der Waals surface area (Å²) in [7, 11) is 3.74. The van der Waals surface area contributed by atoms with E-state index in [1.807, 2.05) is 12.1 Å². The third-order valence-electron chi connectivity index (χ3n) is 5.06. The van der Waals surface area contributed by atoms with Crippen LogP contribution in [0.3, 0.4) is 0 Å². The second kappa shape index (κ2) is 8.32. The summed E-state index contributed by atoms with van der Waals surface area (Å²) in [5, 5.41) is 11.3. The molecule has 0 spiro atoms. The van der Waals surface area contributed by atoms with E-state index in [0.717, 1.165) is 37.6 Å². The van der Waals surface area contributed by atoms with Crippen molar-refractivity contribution in [1.29, 1.82) is 0 Å². The maximum absolute atomic E-state index is 12.4. The molecule has 0 atom stereocenters. The molecule has 1 aliphatic heterocycles. The van der Waals surface area contributed by atoms with Crippen molar-refractivity contribution in [3.63, 3.8) is 0 Å². The number of hydrogen-bond donors (Lipinski definition) is 2. The van der Waals surface area contributed by atoms with Gasteiger partial charge < -0.3 is 19.9 Å². The fourth-order valence-corrected chi connectivity index (χ4v) is 3.29. The molecule has 150 valence electrons. The van der Waals surface area contributed by atoms with Gasteiger partial charge in [-0.3, -0.25) is 9.78 Å². The minimum atomic E-state index is -0.304. The van der Waals surface area contributed by atoms with Gasteiger partial charge in [-0.2, -0.15) is 0 Å². The van der Waals surface area contributed by atoms with Gasteiger partial charge in [0.25, 0.3) is 5.56 Å². The maximum Gasteiger partial charge on any atom is 0.279 e. The Balaban J connectivity index is 1.45. The lowest BCUT2D eigenvalue weighted by Gasteiger charge is -2.34. The van der Waals surface area contributed by atoms with Crippen LogP contribution in [-0.4, -0.2) is 60.4 Å². The van der Waals surface area contributed by atoms with Crippen molar-refractivity contribution in [3.05, 3.63) is 58.9 Å². The molecule has 1 aliphatic rings. The van der Waals surface area contributed by atoms with Crippen molar-refractivity contribution in [2.75, 3.05) is 50.6 Å². The van der Waals surface area contributed by atoms with Crippen LogP contribution in [0.5, 0.6) is 5.75 Å². The third-order valence-corrected chi connectivity index (χ3v) is 5.06. The summed E-state index contributed by atoms with van der Waals surface area (Å²) < 4.78 is 5.14. The molecule has 29 heavy (non-hydrogen) atoms. The Bertz CT molecular complexity index is 1010. The van der Waals surface area contributed by atoms with Gasteiger partial charge >= 0.3 is 0 Å². The fraction of sp³-hybridized carbons (Fsp3) is 0.286. The van der Waals surface area contributed by atoms with Crippen molar-refractivity contribution in [3.8, 4) is 17.0 Å². The number of anilines is 3. The zero-order valence-electron chi connectivity index (χ0n) is 16.6. The van der Waals surface area contributed by atoms with Crippen LogP contribution < -0.4 is 20.5 Å². The van der Waals surface area contributed by atoms with Gasteiger partial charge in [0.05, 0.1) is 7.11 Å². The largest absolute Gasteiger partial charge is 0.497 e. The Hall–Kier alpha value is -3.39. The molecule has 8 nitrogen and oxygen atoms in total. The first kappa shape index (κ1) is 18.9. The SMILES string of the molecule is COc1ccc(-c2nnc(Nc3ccc(N4CCN(C)CC4)cc3)[nH]c2=O)cc1. The van der Waals surface area contributed by atoms with E-state index in [1.165, 1.54) is 5.69 Å². The maximum atomic E-state index is 12.4. The Morgan fingerprint density at radius 3 is 2.28 bits per heavy atom. The summed E-state index contributed by atoms with van der Waals surface area (Å²) in [5.41, 5.74) is 2.68. The number of hydrogen-bond acceptors (Lipinski definition) is 7. The molecule has 1 aromatic heterocycles. The average molecular weight is 392 g/mol. The molecular formula is C21H24N6O2. The van der Waals surface area contributed by atoms with E-state index in [4.69, 9.17) is 4.74 Å². The topological polar surface area (TPSA) is 86.4 Å². The fourth-order valence-electron chi connectivity index (χ4n) is 3.29. The molecule has 4 rings (SSSR count). The van der Waals surface area contributed by atoms with Gasteiger partial charge in [0.2, 0.25) is 5.95 Å². The monoisotopic (exact) mass is 392 g/mol. The molecule has 0 radical (unpaired) electrons. The van der Waals surface area contributed by atoms with E-state index in [0.29, 0.717) is 11.5 Å². The third kappa shape index (κ3) is 4.38. The lowest BCUT2D eigenvalue weighted by molar-refractivity contribution is 0.313. The van der Waals surface area contributed by atoms with Crippen molar-refractivity contribution in [2.45, 2.75) is 0 Å². The Labute approximate surface area is 169 Å². The zero-order valence-corrected chi connectivity index (χ0v) is 16.6. The number of aromatic amines is 1. The lowest BCUT2D eigenvalue weighted by atomic mass is 10.1. The summed E-state index contributed by atoms with van der Waals surface area (Å²) in [6, 6.07) is 15.2. The van der Waals surface area contributed by atoms with Crippen LogP contribution in [0.15, 0.2) is 53.3 Å². The molecule has 0 amide bonds. The Morgan fingerprint density at radius 2 is 1.66 bits per heavy atom. The minimum absolute atomic E-state index is 0.267. The van der Waals surface area contributed by atoms with Gasteiger partial charge in [0.15, 0.2) is 5.69 Å². The standard InChI is InChI=1S/C21H24N6O2/c1-26-11-13-27(14-12-26)17-7-5-16(6-8-17)22-21-23-20(28)19(24-25-21)15-3-9-18(29-2)10-4-15/h3-10H,11-14H2,1-2H3,(H2,22,23,25,28). The van der Waals surface area contributed by atoms with Crippen LogP contribution >= 0.6 is 0 Å². The van der Waals surface area contributed by atoms with Crippen LogP contribution in [0.25, 0.3) is 11.3 Å². The number of nitrogens with zero attached hydrogens (tertiary/aromatic N) is 4. The highest BCUT2D eigenvalue weighted by Crippen LogP contribution is 2.21. The van der Waals surface area contributed by atoms with E-state index in [9.17, 15) is 4.79 Å². The number of nitrogens with one attached hydrogen (secondary N) is 2. The van der Waals surface area contributed by atoms with Crippen LogP contribution in [0.4, 0.5) is 17.3 Å². The molecule has 8 heteroatoms. The number of piperazine rings is 1. The zero-order chi connectivity index (χ0) is 20.2. The Morgan fingerprint density at radius 1 is 0.966 bits per heavy atom. The normalized spacial score (nSPS) is 14.6. The summed E-state index contributed by atoms with van der Waals surface area (Å²) in [6.45, 7) is 4.18. The highest BCUT2D eigenvalue weighted by molar-refractivity contribution is 5.61. The molecule has 3 aromatic rings.